The van der Waals surface area contributed by atoms with Gasteiger partial charge in [0.05, 0.1) is 19.6 Å². The molecule has 0 saturated carbocycles. The van der Waals surface area contributed by atoms with Gasteiger partial charge < -0.3 is 19.9 Å². The number of hydrogen-bond donors (Lipinski definition) is 1. The van der Waals surface area contributed by atoms with Crippen LogP contribution >= 0.6 is 0 Å². The molecule has 0 spiro atoms. The van der Waals surface area contributed by atoms with Crippen LogP contribution in [0, 0.1) is 5.92 Å². The summed E-state index contributed by atoms with van der Waals surface area (Å²) >= 11 is 0. The van der Waals surface area contributed by atoms with Crippen LogP contribution in [0.15, 0.2) is 24.3 Å². The molecule has 8 nitrogen and oxygen atoms in total. The summed E-state index contributed by atoms with van der Waals surface area (Å²) in [5.41, 5.74) is 0.757. The number of carbonyl (C=O) groups is 3. The molecule has 2 heterocycles. The van der Waals surface area contributed by atoms with Crippen LogP contribution in [0.1, 0.15) is 19.8 Å². The average molecular weight is 402 g/mol. The minimum atomic E-state index is -0.326. The third-order valence-electron chi connectivity index (χ3n) is 5.46. The van der Waals surface area contributed by atoms with Gasteiger partial charge in [-0.25, -0.2) is 0 Å². The summed E-state index contributed by atoms with van der Waals surface area (Å²) in [4.78, 5) is 42.9. The summed E-state index contributed by atoms with van der Waals surface area (Å²) < 4.78 is 5.23. The molecular formula is C21H30N4O4. The fourth-order valence-corrected chi connectivity index (χ4v) is 3.81. The third-order valence-corrected chi connectivity index (χ3v) is 5.46. The van der Waals surface area contributed by atoms with Gasteiger partial charge in [0.25, 0.3) is 0 Å². The Hall–Kier alpha value is -2.61. The van der Waals surface area contributed by atoms with E-state index in [1.165, 1.54) is 0 Å². The van der Waals surface area contributed by atoms with Crippen molar-refractivity contribution in [2.24, 2.45) is 5.92 Å². The molecule has 2 aliphatic heterocycles. The van der Waals surface area contributed by atoms with Crippen molar-refractivity contribution in [1.82, 2.24) is 15.1 Å². The first kappa shape index (κ1) is 21.1. The largest absolute Gasteiger partial charge is 0.497 e. The van der Waals surface area contributed by atoms with Gasteiger partial charge in [-0.15, -0.1) is 0 Å². The number of hydrogen-bond acceptors (Lipinski definition) is 5. The van der Waals surface area contributed by atoms with Gasteiger partial charge >= 0.3 is 0 Å². The molecule has 2 aliphatic rings. The molecule has 8 heteroatoms. The molecule has 2 saturated heterocycles. The van der Waals surface area contributed by atoms with Crippen LogP contribution in [0.4, 0.5) is 5.69 Å². The number of nitrogens with zero attached hydrogens (tertiary/aromatic N) is 3. The molecule has 0 radical (unpaired) electrons. The predicted octanol–water partition coefficient (Wildman–Crippen LogP) is 0.719. The van der Waals surface area contributed by atoms with Crippen LogP contribution in [0.3, 0.4) is 0 Å². The highest BCUT2D eigenvalue weighted by molar-refractivity contribution is 6.00. The maximum Gasteiger partial charge on any atom is 0.234 e. The molecule has 1 aromatic carbocycles. The van der Waals surface area contributed by atoms with Gasteiger partial charge in [-0.05, 0) is 18.6 Å². The highest BCUT2D eigenvalue weighted by Crippen LogP contribution is 2.29. The molecule has 0 aromatic heterocycles. The fourth-order valence-electron chi connectivity index (χ4n) is 3.81. The lowest BCUT2D eigenvalue weighted by Crippen LogP contribution is -2.52. The Kier molecular flexibility index (Phi) is 7.09. The first-order chi connectivity index (χ1) is 14.0. The molecule has 1 atom stereocenters. The Morgan fingerprint density at radius 3 is 2.66 bits per heavy atom. The van der Waals surface area contributed by atoms with E-state index in [2.05, 4.69) is 10.2 Å². The second kappa shape index (κ2) is 9.73. The Morgan fingerprint density at radius 2 is 1.97 bits per heavy atom. The molecule has 3 rings (SSSR count). The van der Waals surface area contributed by atoms with Crippen molar-refractivity contribution in [3.05, 3.63) is 24.3 Å². The minimum absolute atomic E-state index is 0.0267. The van der Waals surface area contributed by atoms with E-state index in [1.807, 2.05) is 36.1 Å². The van der Waals surface area contributed by atoms with Crippen molar-refractivity contribution in [3.8, 4) is 5.75 Å². The highest BCUT2D eigenvalue weighted by Gasteiger charge is 2.38. The monoisotopic (exact) mass is 402 g/mol. The average Bonchev–Trinajstić information content (AvgIpc) is 3.14. The molecule has 1 unspecified atom stereocenters. The molecule has 158 valence electrons. The van der Waals surface area contributed by atoms with Crippen LogP contribution in [0.25, 0.3) is 0 Å². The smallest absolute Gasteiger partial charge is 0.234 e. The summed E-state index contributed by atoms with van der Waals surface area (Å²) in [5.74, 6) is 0.376. The highest BCUT2D eigenvalue weighted by atomic mass is 16.5. The van der Waals surface area contributed by atoms with Gasteiger partial charge in [0.15, 0.2) is 0 Å². The van der Waals surface area contributed by atoms with E-state index in [9.17, 15) is 14.4 Å². The fraction of sp³-hybridized carbons (Fsp3) is 0.571. The minimum Gasteiger partial charge on any atom is -0.497 e. The number of anilines is 1. The molecule has 0 aliphatic carbocycles. The lowest BCUT2D eigenvalue weighted by Gasteiger charge is -2.35. The van der Waals surface area contributed by atoms with Crippen LogP contribution in [-0.4, -0.2) is 80.4 Å². The first-order valence-electron chi connectivity index (χ1n) is 10.2. The van der Waals surface area contributed by atoms with Crippen LogP contribution in [0.2, 0.25) is 0 Å². The molecule has 1 aromatic rings. The van der Waals surface area contributed by atoms with E-state index >= 15 is 0 Å². The van der Waals surface area contributed by atoms with Gasteiger partial charge in [0.1, 0.15) is 5.75 Å². The number of nitrogens with one attached hydrogen (secondary N) is 1. The number of benzene rings is 1. The second-order valence-electron chi connectivity index (χ2n) is 7.56. The van der Waals surface area contributed by atoms with Crippen LogP contribution in [0.5, 0.6) is 5.75 Å². The van der Waals surface area contributed by atoms with E-state index in [1.54, 1.807) is 12.0 Å². The molecular weight excluding hydrogens is 372 g/mol. The van der Waals surface area contributed by atoms with Crippen molar-refractivity contribution in [2.75, 3.05) is 57.8 Å². The number of carbonyl (C=O) groups excluding carboxylic acids is 3. The summed E-state index contributed by atoms with van der Waals surface area (Å²) in [6.45, 7) is 5.99. The normalized spacial score (nSPS) is 20.1. The van der Waals surface area contributed by atoms with Crippen molar-refractivity contribution >= 4 is 23.4 Å². The molecule has 0 bridgehead atoms. The summed E-state index contributed by atoms with van der Waals surface area (Å²) in [5, 5.41) is 2.88. The quantitative estimate of drug-likeness (QED) is 0.727. The zero-order valence-electron chi connectivity index (χ0n) is 17.2. The van der Waals surface area contributed by atoms with E-state index in [0.29, 0.717) is 51.6 Å². The first-order valence-corrected chi connectivity index (χ1v) is 10.2. The predicted molar refractivity (Wildman–Crippen MR) is 110 cm³/mol. The van der Waals surface area contributed by atoms with E-state index in [0.717, 1.165) is 12.1 Å². The number of methoxy groups -OCH3 is 1. The SMILES string of the molecule is CCCNC(=O)CN1CCN(C(=O)C2CC(=O)N(c3cccc(OC)c3)C2)CC1. The summed E-state index contributed by atoms with van der Waals surface area (Å²) in [6, 6.07) is 7.34. The Labute approximate surface area is 171 Å². The maximum atomic E-state index is 12.9. The van der Waals surface area contributed by atoms with Gasteiger partial charge in [-0.2, -0.15) is 0 Å². The number of piperazine rings is 1. The van der Waals surface area contributed by atoms with Crippen LogP contribution in [-0.2, 0) is 14.4 Å². The second-order valence-corrected chi connectivity index (χ2v) is 7.56. The van der Waals surface area contributed by atoms with E-state index in [-0.39, 0.29) is 30.1 Å². The molecule has 2 fully saturated rings. The Morgan fingerprint density at radius 1 is 1.21 bits per heavy atom. The number of rotatable bonds is 7. The van der Waals surface area contributed by atoms with Crippen molar-refractivity contribution in [2.45, 2.75) is 19.8 Å². The lowest BCUT2D eigenvalue weighted by molar-refractivity contribution is -0.137. The maximum absolute atomic E-state index is 12.9. The molecule has 3 amide bonds. The molecule has 1 N–H and O–H groups in total. The van der Waals surface area contributed by atoms with Gasteiger partial charge in [-0.1, -0.05) is 13.0 Å². The van der Waals surface area contributed by atoms with E-state index < -0.39 is 0 Å². The standard InChI is InChI=1S/C21H30N4O4/c1-3-7-22-19(26)15-23-8-10-24(11-9-23)21(28)16-12-20(27)25(14-16)17-5-4-6-18(13-17)29-2/h4-6,13,16H,3,7-12,14-15H2,1-2H3,(H,22,26). The third kappa shape index (κ3) is 5.26. The zero-order valence-corrected chi connectivity index (χ0v) is 17.2. The Balaban J connectivity index is 1.51. The summed E-state index contributed by atoms with van der Waals surface area (Å²) in [7, 11) is 1.59. The Bertz CT molecular complexity index is 746. The number of ether oxygens (including phenoxy) is 1. The van der Waals surface area contributed by atoms with Crippen LogP contribution < -0.4 is 15.0 Å². The topological polar surface area (TPSA) is 82.2 Å². The van der Waals surface area contributed by atoms with Crippen molar-refractivity contribution in [1.29, 1.82) is 0 Å². The summed E-state index contributed by atoms with van der Waals surface area (Å²) in [6.07, 6.45) is 1.15. The number of amides is 3. The van der Waals surface area contributed by atoms with Gasteiger partial charge in [0, 0.05) is 57.4 Å². The van der Waals surface area contributed by atoms with E-state index in [4.69, 9.17) is 4.74 Å². The lowest BCUT2D eigenvalue weighted by atomic mass is 10.1. The van der Waals surface area contributed by atoms with Crippen molar-refractivity contribution < 1.29 is 19.1 Å². The van der Waals surface area contributed by atoms with Crippen molar-refractivity contribution in [3.63, 3.8) is 0 Å². The van der Waals surface area contributed by atoms with Gasteiger partial charge in [-0.3, -0.25) is 19.3 Å². The van der Waals surface area contributed by atoms with Gasteiger partial charge in [0.2, 0.25) is 17.7 Å². The zero-order chi connectivity index (χ0) is 20.8. The molecule has 29 heavy (non-hydrogen) atoms.